The number of hydrogen-bond acceptors (Lipinski definition) is 7. The Bertz CT molecular complexity index is 720. The molecule has 0 aromatic heterocycles. The lowest BCUT2D eigenvalue weighted by molar-refractivity contribution is -0.394. The number of nitrogens with zero attached hydrogens (tertiary/aromatic N) is 5. The monoisotopic (exact) mass is 323 g/mol. The molecule has 0 atom stereocenters. The molecule has 0 aliphatic heterocycles. The summed E-state index contributed by atoms with van der Waals surface area (Å²) in [6.45, 7) is -0.946. The normalized spacial score (nSPS) is 9.41. The van der Waals surface area contributed by atoms with Gasteiger partial charge in [-0.25, -0.2) is 0 Å². The summed E-state index contributed by atoms with van der Waals surface area (Å²) in [7, 11) is 0. The second-order valence-electron chi connectivity index (χ2n) is 3.82. The molecule has 1 aromatic carbocycles. The highest BCUT2D eigenvalue weighted by Crippen LogP contribution is 2.33. The first-order chi connectivity index (χ1) is 10.3. The van der Waals surface area contributed by atoms with Gasteiger partial charge in [-0.3, -0.25) is 25.0 Å². The van der Waals surface area contributed by atoms with Crippen molar-refractivity contribution >= 4 is 28.9 Å². The first-order valence-electron chi connectivity index (χ1n) is 5.49. The molecular formula is C11H6ClN5O5. The maximum atomic E-state index is 12.2. The maximum Gasteiger partial charge on any atom is 0.295 e. The third-order valence-corrected chi connectivity index (χ3v) is 2.88. The van der Waals surface area contributed by atoms with Gasteiger partial charge in [0.15, 0.2) is 0 Å². The van der Waals surface area contributed by atoms with Gasteiger partial charge in [-0.15, -0.1) is 0 Å². The van der Waals surface area contributed by atoms with E-state index in [1.54, 1.807) is 12.1 Å². The van der Waals surface area contributed by atoms with Gasteiger partial charge in [-0.1, -0.05) is 11.6 Å². The van der Waals surface area contributed by atoms with Gasteiger partial charge in [0.1, 0.15) is 18.1 Å². The summed E-state index contributed by atoms with van der Waals surface area (Å²) >= 11 is 5.74. The minimum atomic E-state index is -0.986. The zero-order chi connectivity index (χ0) is 16.9. The molecule has 112 valence electrons. The molecule has 1 rings (SSSR count). The summed E-state index contributed by atoms with van der Waals surface area (Å²) in [5, 5.41) is 38.3. The number of carbonyl (C=O) groups is 1. The third kappa shape index (κ3) is 3.45. The van der Waals surface area contributed by atoms with E-state index in [1.807, 2.05) is 0 Å². The number of benzene rings is 1. The molecule has 1 aromatic rings. The van der Waals surface area contributed by atoms with Crippen LogP contribution in [0.2, 0.25) is 5.02 Å². The molecule has 0 saturated carbocycles. The van der Waals surface area contributed by atoms with E-state index in [9.17, 15) is 25.0 Å². The minimum Gasteiger partial charge on any atom is -0.312 e. The fraction of sp³-hybridized carbons (Fsp3) is 0.182. The average Bonchev–Trinajstić information content (AvgIpc) is 2.46. The molecular weight excluding hydrogens is 318 g/mol. The first-order valence-corrected chi connectivity index (χ1v) is 5.86. The lowest BCUT2D eigenvalue weighted by Gasteiger charge is -2.16. The van der Waals surface area contributed by atoms with Crippen molar-refractivity contribution in [3.8, 4) is 12.1 Å². The standard InChI is InChI=1S/C11H6ClN5O5/c12-10-8(11(18)15(3-1-13)4-2-14)5-7(16(19)20)6-9(10)17(21)22/h5-6H,3-4H2. The predicted octanol–water partition coefficient (Wildman–Crippen LogP) is 1.65. The van der Waals surface area contributed by atoms with Crippen LogP contribution in [-0.4, -0.2) is 33.7 Å². The van der Waals surface area contributed by atoms with Crippen molar-refractivity contribution in [1.82, 2.24) is 4.90 Å². The van der Waals surface area contributed by atoms with Crippen LogP contribution in [0.25, 0.3) is 0 Å². The number of nitro benzene ring substituents is 2. The van der Waals surface area contributed by atoms with E-state index in [4.69, 9.17) is 22.1 Å². The Balaban J connectivity index is 3.48. The number of nitriles is 2. The van der Waals surface area contributed by atoms with Crippen molar-refractivity contribution in [3.63, 3.8) is 0 Å². The van der Waals surface area contributed by atoms with Crippen molar-refractivity contribution < 1.29 is 14.6 Å². The van der Waals surface area contributed by atoms with Gasteiger partial charge in [0.05, 0.1) is 33.6 Å². The Morgan fingerprint density at radius 1 is 1.18 bits per heavy atom. The number of amides is 1. The smallest absolute Gasteiger partial charge is 0.295 e. The molecule has 0 N–H and O–H groups in total. The van der Waals surface area contributed by atoms with Gasteiger partial charge < -0.3 is 4.90 Å². The van der Waals surface area contributed by atoms with E-state index in [0.29, 0.717) is 6.07 Å². The molecule has 0 aliphatic rings. The van der Waals surface area contributed by atoms with Crippen LogP contribution in [-0.2, 0) is 0 Å². The van der Waals surface area contributed by atoms with E-state index >= 15 is 0 Å². The van der Waals surface area contributed by atoms with Crippen molar-refractivity contribution in [3.05, 3.63) is 42.9 Å². The van der Waals surface area contributed by atoms with Crippen LogP contribution in [0.15, 0.2) is 12.1 Å². The summed E-state index contributed by atoms with van der Waals surface area (Å²) in [4.78, 5) is 32.7. The van der Waals surface area contributed by atoms with Gasteiger partial charge in [-0.2, -0.15) is 10.5 Å². The van der Waals surface area contributed by atoms with E-state index in [0.717, 1.165) is 11.0 Å². The van der Waals surface area contributed by atoms with Crippen molar-refractivity contribution in [2.24, 2.45) is 0 Å². The predicted molar refractivity (Wildman–Crippen MR) is 71.9 cm³/mol. The molecule has 0 spiro atoms. The number of nitro groups is 2. The fourth-order valence-corrected chi connectivity index (χ4v) is 1.79. The average molecular weight is 324 g/mol. The molecule has 10 nitrogen and oxygen atoms in total. The number of halogens is 1. The zero-order valence-electron chi connectivity index (χ0n) is 10.7. The summed E-state index contributed by atoms with van der Waals surface area (Å²) in [6.07, 6.45) is 0. The van der Waals surface area contributed by atoms with Gasteiger partial charge in [0.2, 0.25) is 0 Å². The van der Waals surface area contributed by atoms with Crippen molar-refractivity contribution in [1.29, 1.82) is 10.5 Å². The molecule has 1 amide bonds. The van der Waals surface area contributed by atoms with Gasteiger partial charge in [0.25, 0.3) is 17.3 Å². The number of hydrogen-bond donors (Lipinski definition) is 0. The number of non-ortho nitro benzene ring substituents is 1. The number of carbonyl (C=O) groups excluding carboxylic acids is 1. The fourth-order valence-electron chi connectivity index (χ4n) is 1.53. The SMILES string of the molecule is N#CCN(CC#N)C(=O)c1cc([N+](=O)[O-])cc([N+](=O)[O-])c1Cl. The Kier molecular flexibility index (Phi) is 5.32. The Hall–Kier alpha value is -3.24. The molecule has 22 heavy (non-hydrogen) atoms. The highest BCUT2D eigenvalue weighted by molar-refractivity contribution is 6.36. The topological polar surface area (TPSA) is 154 Å². The first kappa shape index (κ1) is 16.8. The molecule has 0 bridgehead atoms. The zero-order valence-corrected chi connectivity index (χ0v) is 11.5. The van der Waals surface area contributed by atoms with Gasteiger partial charge in [0, 0.05) is 6.07 Å². The van der Waals surface area contributed by atoms with Crippen LogP contribution in [0.1, 0.15) is 10.4 Å². The Morgan fingerprint density at radius 3 is 2.14 bits per heavy atom. The molecule has 0 radical (unpaired) electrons. The van der Waals surface area contributed by atoms with E-state index < -0.39 is 50.8 Å². The van der Waals surface area contributed by atoms with Gasteiger partial charge in [-0.05, 0) is 0 Å². The molecule has 0 heterocycles. The molecule has 0 fully saturated rings. The molecule has 11 heteroatoms. The van der Waals surface area contributed by atoms with Crippen LogP contribution in [0, 0.1) is 42.9 Å². The second kappa shape index (κ2) is 6.97. The molecule has 0 aliphatic carbocycles. The van der Waals surface area contributed by atoms with Crippen molar-refractivity contribution in [2.45, 2.75) is 0 Å². The second-order valence-corrected chi connectivity index (χ2v) is 4.20. The minimum absolute atomic E-state index is 0.473. The molecule has 0 unspecified atom stereocenters. The molecule has 0 saturated heterocycles. The summed E-state index contributed by atoms with van der Waals surface area (Å²) in [5.74, 6) is -0.986. The van der Waals surface area contributed by atoms with Crippen LogP contribution in [0.3, 0.4) is 0 Å². The largest absolute Gasteiger partial charge is 0.312 e. The van der Waals surface area contributed by atoms with Crippen LogP contribution < -0.4 is 0 Å². The van der Waals surface area contributed by atoms with Crippen LogP contribution >= 0.6 is 11.6 Å². The third-order valence-electron chi connectivity index (χ3n) is 2.49. The van der Waals surface area contributed by atoms with E-state index in [2.05, 4.69) is 0 Å². The van der Waals surface area contributed by atoms with Crippen LogP contribution in [0.5, 0.6) is 0 Å². The quantitative estimate of drug-likeness (QED) is 0.453. The van der Waals surface area contributed by atoms with E-state index in [1.165, 1.54) is 0 Å². The lowest BCUT2D eigenvalue weighted by Crippen LogP contribution is -2.32. The maximum absolute atomic E-state index is 12.2. The Morgan fingerprint density at radius 2 is 1.73 bits per heavy atom. The highest BCUT2D eigenvalue weighted by atomic mass is 35.5. The highest BCUT2D eigenvalue weighted by Gasteiger charge is 2.28. The van der Waals surface area contributed by atoms with E-state index in [-0.39, 0.29) is 0 Å². The lowest BCUT2D eigenvalue weighted by atomic mass is 10.1. The summed E-state index contributed by atoms with van der Waals surface area (Å²) < 4.78 is 0. The van der Waals surface area contributed by atoms with Crippen LogP contribution in [0.4, 0.5) is 11.4 Å². The summed E-state index contributed by atoms with van der Waals surface area (Å²) in [6, 6.07) is 4.67. The van der Waals surface area contributed by atoms with Gasteiger partial charge >= 0.3 is 0 Å². The van der Waals surface area contributed by atoms with Crippen molar-refractivity contribution in [2.75, 3.05) is 13.1 Å². The Labute approximate surface area is 128 Å². The summed E-state index contributed by atoms with van der Waals surface area (Å²) in [5.41, 5.74) is -2.03. The number of rotatable bonds is 5.